The second kappa shape index (κ2) is 5.15. The summed E-state index contributed by atoms with van der Waals surface area (Å²) in [6.45, 7) is 4.94. The molecule has 2 unspecified atom stereocenters. The topological polar surface area (TPSA) is 52.6 Å². The monoisotopic (exact) mass is 226 g/mol. The standard InChI is InChI=1S/C12H22N2O2/c1-9(12(15)16)14(11-4-5-11)8-10-3-2-6-13-7-10/h9-11,13H,2-8H2,1H3,(H,15,16). The van der Waals surface area contributed by atoms with Crippen LogP contribution < -0.4 is 5.32 Å². The predicted octanol–water partition coefficient (Wildman–Crippen LogP) is 0.923. The molecule has 4 nitrogen and oxygen atoms in total. The highest BCUT2D eigenvalue weighted by atomic mass is 16.4. The fourth-order valence-electron chi connectivity index (χ4n) is 2.55. The summed E-state index contributed by atoms with van der Waals surface area (Å²) in [7, 11) is 0. The van der Waals surface area contributed by atoms with Crippen molar-refractivity contribution in [3.05, 3.63) is 0 Å². The van der Waals surface area contributed by atoms with Gasteiger partial charge in [0, 0.05) is 12.6 Å². The molecule has 0 aromatic rings. The number of carboxylic acid groups (broad SMARTS) is 1. The highest BCUT2D eigenvalue weighted by molar-refractivity contribution is 5.73. The van der Waals surface area contributed by atoms with Crippen molar-refractivity contribution in [1.82, 2.24) is 10.2 Å². The van der Waals surface area contributed by atoms with Gasteiger partial charge in [-0.1, -0.05) is 0 Å². The van der Waals surface area contributed by atoms with Crippen LogP contribution in [0.3, 0.4) is 0 Å². The molecule has 0 spiro atoms. The van der Waals surface area contributed by atoms with Gasteiger partial charge in [0.1, 0.15) is 6.04 Å². The molecule has 0 aromatic carbocycles. The predicted molar refractivity (Wildman–Crippen MR) is 62.4 cm³/mol. The van der Waals surface area contributed by atoms with Crippen LogP contribution in [0.2, 0.25) is 0 Å². The number of piperidine rings is 1. The van der Waals surface area contributed by atoms with Gasteiger partial charge in [-0.25, -0.2) is 0 Å². The third-order valence-corrected chi connectivity index (χ3v) is 3.74. The maximum atomic E-state index is 11.1. The van der Waals surface area contributed by atoms with Crippen LogP contribution in [-0.4, -0.2) is 47.7 Å². The van der Waals surface area contributed by atoms with E-state index in [-0.39, 0.29) is 6.04 Å². The SMILES string of the molecule is CC(C(=O)O)N(CC1CCCNC1)C1CC1. The minimum atomic E-state index is -0.685. The van der Waals surface area contributed by atoms with Crippen LogP contribution >= 0.6 is 0 Å². The number of aliphatic carboxylic acids is 1. The molecule has 0 amide bonds. The van der Waals surface area contributed by atoms with Crippen molar-refractivity contribution in [2.75, 3.05) is 19.6 Å². The first kappa shape index (κ1) is 11.9. The van der Waals surface area contributed by atoms with Crippen LogP contribution in [0.1, 0.15) is 32.6 Å². The molecular weight excluding hydrogens is 204 g/mol. The van der Waals surface area contributed by atoms with E-state index in [4.69, 9.17) is 5.11 Å². The van der Waals surface area contributed by atoms with Crippen molar-refractivity contribution in [3.63, 3.8) is 0 Å². The summed E-state index contributed by atoms with van der Waals surface area (Å²) in [5.74, 6) is -0.0492. The molecule has 1 saturated carbocycles. The first-order chi connectivity index (χ1) is 7.68. The summed E-state index contributed by atoms with van der Waals surface area (Å²) in [6.07, 6.45) is 4.82. The van der Waals surface area contributed by atoms with E-state index in [1.165, 1.54) is 25.7 Å². The largest absolute Gasteiger partial charge is 0.480 e. The molecule has 0 aromatic heterocycles. The van der Waals surface area contributed by atoms with E-state index in [0.29, 0.717) is 12.0 Å². The van der Waals surface area contributed by atoms with Gasteiger partial charge in [-0.15, -0.1) is 0 Å². The number of rotatable bonds is 5. The fraction of sp³-hybridized carbons (Fsp3) is 0.917. The Labute approximate surface area is 97.0 Å². The zero-order valence-electron chi connectivity index (χ0n) is 9.98. The molecule has 4 heteroatoms. The number of hydrogen-bond acceptors (Lipinski definition) is 3. The Morgan fingerprint density at radius 1 is 1.50 bits per heavy atom. The highest BCUT2D eigenvalue weighted by Gasteiger charge is 2.36. The summed E-state index contributed by atoms with van der Waals surface area (Å²) >= 11 is 0. The van der Waals surface area contributed by atoms with E-state index >= 15 is 0 Å². The number of nitrogens with zero attached hydrogens (tertiary/aromatic N) is 1. The Morgan fingerprint density at radius 2 is 2.25 bits per heavy atom. The molecule has 2 aliphatic rings. The molecule has 1 saturated heterocycles. The van der Waals surface area contributed by atoms with Gasteiger partial charge in [0.25, 0.3) is 0 Å². The average Bonchev–Trinajstić information content (AvgIpc) is 3.10. The molecule has 0 radical (unpaired) electrons. The Kier molecular flexibility index (Phi) is 3.82. The Balaban J connectivity index is 1.88. The van der Waals surface area contributed by atoms with Gasteiger partial charge in [-0.3, -0.25) is 9.69 Å². The van der Waals surface area contributed by atoms with E-state index in [0.717, 1.165) is 19.6 Å². The lowest BCUT2D eigenvalue weighted by Crippen LogP contribution is -2.46. The first-order valence-electron chi connectivity index (χ1n) is 6.37. The molecular formula is C12H22N2O2. The van der Waals surface area contributed by atoms with Gasteiger partial charge in [0.2, 0.25) is 0 Å². The first-order valence-corrected chi connectivity index (χ1v) is 6.37. The zero-order chi connectivity index (χ0) is 11.5. The summed E-state index contributed by atoms with van der Waals surface area (Å²) in [5, 5.41) is 12.5. The fourth-order valence-corrected chi connectivity index (χ4v) is 2.55. The lowest BCUT2D eigenvalue weighted by molar-refractivity contribution is -0.143. The highest BCUT2D eigenvalue weighted by Crippen LogP contribution is 2.30. The van der Waals surface area contributed by atoms with Gasteiger partial charge in [-0.05, 0) is 51.6 Å². The molecule has 1 aliphatic heterocycles. The second-order valence-electron chi connectivity index (χ2n) is 5.15. The second-order valence-corrected chi connectivity index (χ2v) is 5.15. The third-order valence-electron chi connectivity index (χ3n) is 3.74. The van der Waals surface area contributed by atoms with Crippen LogP contribution in [0.4, 0.5) is 0 Å². The maximum absolute atomic E-state index is 11.1. The van der Waals surface area contributed by atoms with Gasteiger partial charge in [-0.2, -0.15) is 0 Å². The van der Waals surface area contributed by atoms with Crippen LogP contribution in [0, 0.1) is 5.92 Å². The summed E-state index contributed by atoms with van der Waals surface area (Å²) in [6, 6.07) is 0.211. The van der Waals surface area contributed by atoms with Crippen molar-refractivity contribution < 1.29 is 9.90 Å². The Hall–Kier alpha value is -0.610. The van der Waals surface area contributed by atoms with Crippen LogP contribution in [0.25, 0.3) is 0 Å². The normalized spacial score (nSPS) is 28.0. The average molecular weight is 226 g/mol. The molecule has 92 valence electrons. The number of carbonyl (C=O) groups is 1. The van der Waals surface area contributed by atoms with E-state index in [9.17, 15) is 4.79 Å². The van der Waals surface area contributed by atoms with Crippen molar-refractivity contribution >= 4 is 5.97 Å². The van der Waals surface area contributed by atoms with Crippen molar-refractivity contribution in [2.45, 2.75) is 44.7 Å². The van der Waals surface area contributed by atoms with Crippen molar-refractivity contribution in [3.8, 4) is 0 Å². The molecule has 2 fully saturated rings. The van der Waals surface area contributed by atoms with Crippen LogP contribution in [-0.2, 0) is 4.79 Å². The minimum absolute atomic E-state index is 0.325. The Bertz CT molecular complexity index is 247. The van der Waals surface area contributed by atoms with E-state index in [2.05, 4.69) is 10.2 Å². The molecule has 1 heterocycles. The van der Waals surface area contributed by atoms with Crippen LogP contribution in [0.15, 0.2) is 0 Å². The van der Waals surface area contributed by atoms with E-state index in [1.807, 2.05) is 6.92 Å². The van der Waals surface area contributed by atoms with Gasteiger partial charge >= 0.3 is 5.97 Å². The lowest BCUT2D eigenvalue weighted by atomic mass is 9.98. The molecule has 1 aliphatic carbocycles. The Morgan fingerprint density at radius 3 is 2.75 bits per heavy atom. The smallest absolute Gasteiger partial charge is 0.320 e. The summed E-state index contributed by atoms with van der Waals surface area (Å²) in [4.78, 5) is 13.3. The molecule has 0 bridgehead atoms. The summed E-state index contributed by atoms with van der Waals surface area (Å²) < 4.78 is 0. The number of carboxylic acids is 1. The number of nitrogens with one attached hydrogen (secondary N) is 1. The lowest BCUT2D eigenvalue weighted by Gasteiger charge is -2.32. The van der Waals surface area contributed by atoms with E-state index < -0.39 is 5.97 Å². The molecule has 2 atom stereocenters. The van der Waals surface area contributed by atoms with E-state index in [1.54, 1.807) is 0 Å². The van der Waals surface area contributed by atoms with Crippen molar-refractivity contribution in [2.24, 2.45) is 5.92 Å². The van der Waals surface area contributed by atoms with Crippen LogP contribution in [0.5, 0.6) is 0 Å². The quantitative estimate of drug-likeness (QED) is 0.732. The van der Waals surface area contributed by atoms with Gasteiger partial charge in [0.05, 0.1) is 0 Å². The van der Waals surface area contributed by atoms with Crippen molar-refractivity contribution in [1.29, 1.82) is 0 Å². The zero-order valence-corrected chi connectivity index (χ0v) is 9.98. The molecule has 16 heavy (non-hydrogen) atoms. The maximum Gasteiger partial charge on any atom is 0.320 e. The summed E-state index contributed by atoms with van der Waals surface area (Å²) in [5.41, 5.74) is 0. The van der Waals surface area contributed by atoms with Gasteiger partial charge < -0.3 is 10.4 Å². The number of hydrogen-bond donors (Lipinski definition) is 2. The van der Waals surface area contributed by atoms with Gasteiger partial charge in [0.15, 0.2) is 0 Å². The molecule has 2 N–H and O–H groups in total. The molecule has 2 rings (SSSR count). The minimum Gasteiger partial charge on any atom is -0.480 e. The third kappa shape index (κ3) is 2.95.